The predicted octanol–water partition coefficient (Wildman–Crippen LogP) is 1.72. The number of imidazole rings is 1. The summed E-state index contributed by atoms with van der Waals surface area (Å²) in [7, 11) is 1.54. The second kappa shape index (κ2) is 5.84. The van der Waals surface area contributed by atoms with Gasteiger partial charge in [-0.3, -0.25) is 14.0 Å². The molecule has 0 unspecified atom stereocenters. The van der Waals surface area contributed by atoms with Gasteiger partial charge in [-0.05, 0) is 18.2 Å². The molecule has 0 atom stereocenters. The Bertz CT molecular complexity index is 1340. The van der Waals surface area contributed by atoms with Crippen LogP contribution in [0.5, 0.6) is 5.75 Å². The number of H-pyrrole nitrogens is 2. The van der Waals surface area contributed by atoms with Gasteiger partial charge < -0.3 is 14.7 Å². The zero-order valence-corrected chi connectivity index (χ0v) is 15.6. The van der Waals surface area contributed by atoms with Gasteiger partial charge in [0.2, 0.25) is 0 Å². The molecule has 2 N–H and O–H groups in total. The number of nitrogens with zero attached hydrogens (tertiary/aromatic N) is 2. The van der Waals surface area contributed by atoms with Crippen LogP contribution in [0.3, 0.4) is 0 Å². The number of hydrogen-bond acceptors (Lipinski definition) is 4. The Kier molecular flexibility index (Phi) is 3.69. The smallest absolute Gasteiger partial charge is 0.279 e. The van der Waals surface area contributed by atoms with Crippen LogP contribution < -0.4 is 21.2 Å². The maximum atomic E-state index is 13.2. The van der Waals surface area contributed by atoms with Crippen LogP contribution in [0.4, 0.5) is 0 Å². The molecule has 27 heavy (non-hydrogen) atoms. The SMILES string of the molecule is COc1cccc2cc3c(=O)[nH]/c(=C\c4nc[nH]c4C(C)(C)C)c(=O)n3c12. The van der Waals surface area contributed by atoms with E-state index in [1.807, 2.05) is 32.9 Å². The Morgan fingerprint density at radius 2 is 2.00 bits per heavy atom. The number of para-hydroxylation sites is 1. The van der Waals surface area contributed by atoms with Gasteiger partial charge >= 0.3 is 0 Å². The van der Waals surface area contributed by atoms with Gasteiger partial charge in [-0.1, -0.05) is 32.9 Å². The van der Waals surface area contributed by atoms with Crippen LogP contribution in [0.2, 0.25) is 0 Å². The Hall–Kier alpha value is -3.35. The van der Waals surface area contributed by atoms with Gasteiger partial charge in [0.1, 0.15) is 16.6 Å². The van der Waals surface area contributed by atoms with Crippen LogP contribution in [0.1, 0.15) is 32.2 Å². The minimum Gasteiger partial charge on any atom is -0.495 e. The Balaban J connectivity index is 2.12. The number of aromatic nitrogens is 4. The molecule has 0 spiro atoms. The van der Waals surface area contributed by atoms with E-state index in [1.54, 1.807) is 24.5 Å². The van der Waals surface area contributed by atoms with Crippen LogP contribution >= 0.6 is 0 Å². The second-order valence-electron chi connectivity index (χ2n) is 7.49. The third kappa shape index (κ3) is 2.63. The minimum atomic E-state index is -0.341. The highest BCUT2D eigenvalue weighted by Crippen LogP contribution is 2.26. The molecule has 0 aliphatic heterocycles. The summed E-state index contributed by atoms with van der Waals surface area (Å²) in [6, 6.07) is 7.13. The number of benzene rings is 1. The molecule has 0 radical (unpaired) electrons. The summed E-state index contributed by atoms with van der Waals surface area (Å²) < 4.78 is 6.80. The molecule has 0 aliphatic carbocycles. The molecule has 138 valence electrons. The fourth-order valence-corrected chi connectivity index (χ4v) is 3.38. The molecule has 0 aliphatic rings. The lowest BCUT2D eigenvalue weighted by molar-refractivity contribution is 0.418. The van der Waals surface area contributed by atoms with Gasteiger partial charge in [0.25, 0.3) is 11.1 Å². The Morgan fingerprint density at radius 1 is 1.22 bits per heavy atom. The molecule has 4 rings (SSSR count). The lowest BCUT2D eigenvalue weighted by Gasteiger charge is -2.16. The Morgan fingerprint density at radius 3 is 2.70 bits per heavy atom. The number of methoxy groups -OCH3 is 1. The van der Waals surface area contributed by atoms with Gasteiger partial charge in [-0.25, -0.2) is 4.98 Å². The fraction of sp³-hybridized carbons (Fsp3) is 0.250. The molecular weight excluding hydrogens is 344 g/mol. The highest BCUT2D eigenvalue weighted by molar-refractivity contribution is 5.91. The number of aromatic amines is 2. The van der Waals surface area contributed by atoms with Gasteiger partial charge in [-0.2, -0.15) is 0 Å². The summed E-state index contributed by atoms with van der Waals surface area (Å²) in [4.78, 5) is 35.9. The van der Waals surface area contributed by atoms with E-state index in [-0.39, 0.29) is 27.4 Å². The lowest BCUT2D eigenvalue weighted by Crippen LogP contribution is -2.39. The molecule has 7 nitrogen and oxygen atoms in total. The quantitative estimate of drug-likeness (QED) is 0.566. The second-order valence-corrected chi connectivity index (χ2v) is 7.49. The van der Waals surface area contributed by atoms with Crippen molar-refractivity contribution in [1.29, 1.82) is 0 Å². The number of hydrogen-bond donors (Lipinski definition) is 2. The molecule has 0 bridgehead atoms. The first-order valence-corrected chi connectivity index (χ1v) is 8.61. The van der Waals surface area contributed by atoms with Crippen LogP contribution in [0.25, 0.3) is 22.5 Å². The zero-order chi connectivity index (χ0) is 19.3. The lowest BCUT2D eigenvalue weighted by atomic mass is 9.90. The van der Waals surface area contributed by atoms with Gasteiger partial charge in [0, 0.05) is 16.5 Å². The summed E-state index contributed by atoms with van der Waals surface area (Å²) in [6.45, 7) is 6.14. The molecule has 0 saturated heterocycles. The van der Waals surface area contributed by atoms with Crippen molar-refractivity contribution in [3.05, 3.63) is 68.0 Å². The highest BCUT2D eigenvalue weighted by Gasteiger charge is 2.20. The van der Waals surface area contributed by atoms with E-state index >= 15 is 0 Å². The summed E-state index contributed by atoms with van der Waals surface area (Å²) in [5, 5.41) is 0.942. The zero-order valence-electron chi connectivity index (χ0n) is 15.6. The first kappa shape index (κ1) is 17.1. The number of nitrogens with one attached hydrogen (secondary N) is 2. The van der Waals surface area contributed by atoms with Crippen LogP contribution in [-0.2, 0) is 5.41 Å². The molecule has 3 heterocycles. The van der Waals surface area contributed by atoms with E-state index in [0.29, 0.717) is 17.0 Å². The van der Waals surface area contributed by atoms with Gasteiger partial charge in [0.05, 0.1) is 24.6 Å². The topological polar surface area (TPSA) is 92.2 Å². The van der Waals surface area contributed by atoms with Crippen LogP contribution in [0, 0.1) is 0 Å². The average molecular weight is 364 g/mol. The van der Waals surface area contributed by atoms with E-state index in [4.69, 9.17) is 4.74 Å². The highest BCUT2D eigenvalue weighted by atomic mass is 16.5. The number of ether oxygens (including phenoxy) is 1. The average Bonchev–Trinajstić information content (AvgIpc) is 3.23. The van der Waals surface area contributed by atoms with Crippen molar-refractivity contribution in [1.82, 2.24) is 19.4 Å². The molecule has 1 aromatic carbocycles. The summed E-state index contributed by atoms with van der Waals surface area (Å²) >= 11 is 0. The van der Waals surface area contributed by atoms with E-state index in [1.165, 1.54) is 11.5 Å². The summed E-state index contributed by atoms with van der Waals surface area (Å²) in [6.07, 6.45) is 3.20. The fourth-order valence-electron chi connectivity index (χ4n) is 3.38. The molecular formula is C20H20N4O3. The largest absolute Gasteiger partial charge is 0.495 e. The van der Waals surface area contributed by atoms with E-state index in [2.05, 4.69) is 15.0 Å². The summed E-state index contributed by atoms with van der Waals surface area (Å²) in [5.41, 5.74) is 1.53. The van der Waals surface area contributed by atoms with Crippen molar-refractivity contribution in [2.45, 2.75) is 26.2 Å². The first-order chi connectivity index (χ1) is 12.8. The molecule has 0 amide bonds. The van der Waals surface area contributed by atoms with E-state index in [9.17, 15) is 9.59 Å². The predicted molar refractivity (Wildman–Crippen MR) is 104 cm³/mol. The maximum Gasteiger partial charge on any atom is 0.279 e. The first-order valence-electron chi connectivity index (χ1n) is 8.61. The van der Waals surface area contributed by atoms with E-state index < -0.39 is 0 Å². The van der Waals surface area contributed by atoms with Gasteiger partial charge in [0.15, 0.2) is 0 Å². The third-order valence-corrected chi connectivity index (χ3v) is 4.62. The Labute approximate surface area is 154 Å². The molecule has 0 saturated carbocycles. The van der Waals surface area contributed by atoms with Crippen molar-refractivity contribution in [3.8, 4) is 5.75 Å². The normalized spacial score (nSPS) is 13.0. The van der Waals surface area contributed by atoms with Crippen molar-refractivity contribution < 1.29 is 4.74 Å². The molecule has 4 aromatic rings. The van der Waals surface area contributed by atoms with Crippen LogP contribution in [-0.4, -0.2) is 26.5 Å². The summed E-state index contributed by atoms with van der Waals surface area (Å²) in [5.74, 6) is 0.538. The minimum absolute atomic E-state index is 0.175. The van der Waals surface area contributed by atoms with Crippen LogP contribution in [0.15, 0.2) is 40.2 Å². The van der Waals surface area contributed by atoms with E-state index in [0.717, 1.165) is 11.1 Å². The monoisotopic (exact) mass is 364 g/mol. The molecule has 3 aromatic heterocycles. The number of fused-ring (bicyclic) bond motifs is 3. The molecule has 0 fully saturated rings. The standard InChI is InChI=1S/C20H20N4O3/c1-20(2,3)17-12(21-10-22-17)9-13-19(26)24-14(18(25)23-13)8-11-6-5-7-15(27-4)16(11)24/h5-10H,1-4H3,(H,21,22)(H,23,25)/b13-9-. The maximum absolute atomic E-state index is 13.2. The van der Waals surface area contributed by atoms with Crippen molar-refractivity contribution in [2.24, 2.45) is 0 Å². The third-order valence-electron chi connectivity index (χ3n) is 4.62. The van der Waals surface area contributed by atoms with Crippen molar-refractivity contribution in [3.63, 3.8) is 0 Å². The van der Waals surface area contributed by atoms with Crippen molar-refractivity contribution in [2.75, 3.05) is 7.11 Å². The number of rotatable bonds is 2. The van der Waals surface area contributed by atoms with Gasteiger partial charge in [-0.15, -0.1) is 0 Å². The molecule has 7 heteroatoms. The van der Waals surface area contributed by atoms with Crippen molar-refractivity contribution >= 4 is 22.5 Å².